The molecule has 0 atom stereocenters. The van der Waals surface area contributed by atoms with Crippen molar-refractivity contribution in [1.29, 1.82) is 0 Å². The highest BCUT2D eigenvalue weighted by Gasteiger charge is 2.26. The van der Waals surface area contributed by atoms with Crippen molar-refractivity contribution in [2.75, 3.05) is 0 Å². The van der Waals surface area contributed by atoms with E-state index in [4.69, 9.17) is 0 Å². The Morgan fingerprint density at radius 1 is 0.636 bits per heavy atom. The summed E-state index contributed by atoms with van der Waals surface area (Å²) in [7, 11) is 0. The molecular formula is C19H18O3. The molecule has 0 heterocycles. The van der Waals surface area contributed by atoms with E-state index in [2.05, 4.69) is 0 Å². The maximum absolute atomic E-state index is 12.2. The van der Waals surface area contributed by atoms with Crippen molar-refractivity contribution in [3.05, 3.63) is 56.7 Å². The molecule has 3 rings (SSSR count). The molecule has 0 spiro atoms. The summed E-state index contributed by atoms with van der Waals surface area (Å²) >= 11 is 0. The van der Waals surface area contributed by atoms with Crippen LogP contribution < -0.4 is 5.43 Å². The van der Waals surface area contributed by atoms with E-state index in [0.717, 1.165) is 33.4 Å². The lowest BCUT2D eigenvalue weighted by atomic mass is 10.0. The van der Waals surface area contributed by atoms with Gasteiger partial charge in [0.05, 0.1) is 0 Å². The van der Waals surface area contributed by atoms with Gasteiger partial charge in [0.2, 0.25) is 0 Å². The van der Waals surface area contributed by atoms with Gasteiger partial charge in [-0.15, -0.1) is 0 Å². The summed E-state index contributed by atoms with van der Waals surface area (Å²) in [5, 5.41) is 19.7. The van der Waals surface area contributed by atoms with Crippen LogP contribution in [0.25, 0.3) is 22.3 Å². The van der Waals surface area contributed by atoms with E-state index < -0.39 is 0 Å². The molecular weight excluding hydrogens is 276 g/mol. The van der Waals surface area contributed by atoms with Gasteiger partial charge in [-0.2, -0.15) is 0 Å². The van der Waals surface area contributed by atoms with E-state index >= 15 is 0 Å². The fourth-order valence-corrected chi connectivity index (χ4v) is 2.92. The number of phenolic OH excluding ortho intramolecular Hbond substituents is 2. The standard InChI is InChI=1S/C19H18O3/c1-9-5-13(6-10(2)17(9)20)15-16(19(15)22)14-7-11(3)18(21)12(4)8-14/h5-8,20-21H,1-4H3. The van der Waals surface area contributed by atoms with Gasteiger partial charge in [-0.05, 0) is 85.3 Å². The Hall–Kier alpha value is -2.55. The zero-order chi connectivity index (χ0) is 16.2. The summed E-state index contributed by atoms with van der Waals surface area (Å²) in [5.74, 6) is 0.547. The summed E-state index contributed by atoms with van der Waals surface area (Å²) in [6.45, 7) is 7.31. The van der Waals surface area contributed by atoms with E-state index in [1.807, 2.05) is 52.0 Å². The first-order valence-corrected chi connectivity index (χ1v) is 7.21. The summed E-state index contributed by atoms with van der Waals surface area (Å²) in [5.41, 5.74) is 6.19. The predicted octanol–water partition coefficient (Wildman–Crippen LogP) is 3.90. The highest BCUT2D eigenvalue weighted by Crippen LogP contribution is 2.39. The molecule has 112 valence electrons. The van der Waals surface area contributed by atoms with Gasteiger partial charge in [-0.3, -0.25) is 4.79 Å². The minimum absolute atomic E-state index is 0.0361. The zero-order valence-corrected chi connectivity index (χ0v) is 13.1. The molecule has 3 nitrogen and oxygen atoms in total. The van der Waals surface area contributed by atoms with Crippen molar-refractivity contribution in [2.24, 2.45) is 0 Å². The quantitative estimate of drug-likeness (QED) is 0.753. The molecule has 3 aromatic rings. The number of benzene rings is 2. The van der Waals surface area contributed by atoms with Crippen LogP contribution in [0.2, 0.25) is 0 Å². The third kappa shape index (κ3) is 2.10. The first kappa shape index (κ1) is 14.4. The van der Waals surface area contributed by atoms with Crippen molar-refractivity contribution >= 4 is 0 Å². The third-order valence-electron chi connectivity index (χ3n) is 4.20. The predicted molar refractivity (Wildman–Crippen MR) is 88.2 cm³/mol. The lowest BCUT2D eigenvalue weighted by Crippen LogP contribution is -1.84. The van der Waals surface area contributed by atoms with Crippen molar-refractivity contribution in [3.63, 3.8) is 0 Å². The second kappa shape index (κ2) is 4.73. The van der Waals surface area contributed by atoms with Gasteiger partial charge in [-0.25, -0.2) is 0 Å². The van der Waals surface area contributed by atoms with Gasteiger partial charge in [0.1, 0.15) is 11.5 Å². The Labute approximate surface area is 129 Å². The minimum atomic E-state index is 0.0361. The van der Waals surface area contributed by atoms with E-state index in [9.17, 15) is 15.0 Å². The summed E-state index contributed by atoms with van der Waals surface area (Å²) < 4.78 is 0. The first-order chi connectivity index (χ1) is 10.3. The normalized spacial score (nSPS) is 11.3. The summed E-state index contributed by atoms with van der Waals surface area (Å²) in [6, 6.07) is 7.34. The highest BCUT2D eigenvalue weighted by molar-refractivity contribution is 5.95. The summed E-state index contributed by atoms with van der Waals surface area (Å²) in [6.07, 6.45) is 0. The molecule has 0 aliphatic rings. The van der Waals surface area contributed by atoms with Gasteiger partial charge in [0, 0.05) is 11.1 Å². The molecule has 0 bridgehead atoms. The largest absolute Gasteiger partial charge is 0.507 e. The Bertz CT molecular complexity index is 790. The van der Waals surface area contributed by atoms with Crippen LogP contribution >= 0.6 is 0 Å². The average molecular weight is 294 g/mol. The van der Waals surface area contributed by atoms with Crippen molar-refractivity contribution in [3.8, 4) is 33.8 Å². The smallest absolute Gasteiger partial charge is 0.195 e. The molecule has 22 heavy (non-hydrogen) atoms. The SMILES string of the molecule is Cc1cc(-c2c(-c3cc(C)c(O)c(C)c3)c2=O)cc(C)c1O. The van der Waals surface area contributed by atoms with Crippen molar-refractivity contribution < 1.29 is 10.2 Å². The van der Waals surface area contributed by atoms with Gasteiger partial charge in [0.25, 0.3) is 0 Å². The monoisotopic (exact) mass is 294 g/mol. The topological polar surface area (TPSA) is 57.5 Å². The fourth-order valence-electron chi connectivity index (χ4n) is 2.92. The minimum Gasteiger partial charge on any atom is -0.507 e. The van der Waals surface area contributed by atoms with E-state index in [-0.39, 0.29) is 16.9 Å². The number of phenols is 2. The second-order valence-electron chi connectivity index (χ2n) is 6.00. The van der Waals surface area contributed by atoms with Gasteiger partial charge < -0.3 is 10.2 Å². The molecule has 3 aromatic carbocycles. The van der Waals surface area contributed by atoms with Gasteiger partial charge >= 0.3 is 0 Å². The Morgan fingerprint density at radius 3 is 1.18 bits per heavy atom. The number of aromatic hydroxyl groups is 2. The zero-order valence-electron chi connectivity index (χ0n) is 13.1. The maximum Gasteiger partial charge on any atom is 0.195 e. The molecule has 0 saturated carbocycles. The van der Waals surface area contributed by atoms with E-state index in [1.54, 1.807) is 0 Å². The van der Waals surface area contributed by atoms with Crippen LogP contribution in [0, 0.1) is 27.7 Å². The molecule has 3 heteroatoms. The fraction of sp³-hybridized carbons (Fsp3) is 0.211. The Kier molecular flexibility index (Phi) is 3.10. The van der Waals surface area contributed by atoms with E-state index in [1.165, 1.54) is 0 Å². The molecule has 0 fully saturated rings. The van der Waals surface area contributed by atoms with Crippen molar-refractivity contribution in [2.45, 2.75) is 27.7 Å². The lowest BCUT2D eigenvalue weighted by molar-refractivity contribution is 0.466. The maximum atomic E-state index is 12.2. The van der Waals surface area contributed by atoms with Gasteiger partial charge in [-0.1, -0.05) is 0 Å². The van der Waals surface area contributed by atoms with Crippen LogP contribution in [-0.4, -0.2) is 10.2 Å². The molecule has 0 aromatic heterocycles. The third-order valence-corrected chi connectivity index (χ3v) is 4.20. The van der Waals surface area contributed by atoms with Crippen LogP contribution in [0.5, 0.6) is 11.5 Å². The number of rotatable bonds is 2. The molecule has 0 saturated heterocycles. The van der Waals surface area contributed by atoms with Crippen LogP contribution in [0.4, 0.5) is 0 Å². The molecule has 0 aliphatic heterocycles. The number of hydrogen-bond acceptors (Lipinski definition) is 3. The highest BCUT2D eigenvalue weighted by atomic mass is 16.3. The molecule has 0 radical (unpaired) electrons. The molecule has 0 unspecified atom stereocenters. The van der Waals surface area contributed by atoms with Crippen LogP contribution in [0.3, 0.4) is 0 Å². The number of hydrogen-bond donors (Lipinski definition) is 2. The Balaban J connectivity index is 2.11. The number of aryl methyl sites for hydroxylation is 4. The second-order valence-corrected chi connectivity index (χ2v) is 6.00. The summed E-state index contributed by atoms with van der Waals surface area (Å²) in [4.78, 5) is 12.2. The van der Waals surface area contributed by atoms with E-state index in [0.29, 0.717) is 11.1 Å². The van der Waals surface area contributed by atoms with Crippen molar-refractivity contribution in [1.82, 2.24) is 0 Å². The van der Waals surface area contributed by atoms with Gasteiger partial charge in [0.15, 0.2) is 5.43 Å². The molecule has 0 amide bonds. The molecule has 0 aliphatic carbocycles. The van der Waals surface area contributed by atoms with Crippen LogP contribution in [0.1, 0.15) is 22.3 Å². The first-order valence-electron chi connectivity index (χ1n) is 7.21. The Morgan fingerprint density at radius 2 is 0.909 bits per heavy atom. The average Bonchev–Trinajstić information content (AvgIpc) is 3.12. The van der Waals surface area contributed by atoms with Crippen LogP contribution in [0.15, 0.2) is 29.1 Å². The lowest BCUT2D eigenvalue weighted by Gasteiger charge is -2.06. The van der Waals surface area contributed by atoms with Crippen LogP contribution in [-0.2, 0) is 0 Å². The molecule has 2 N–H and O–H groups in total.